The van der Waals surface area contributed by atoms with E-state index in [0.717, 1.165) is 117 Å². The summed E-state index contributed by atoms with van der Waals surface area (Å²) < 4.78 is 192. The lowest BCUT2D eigenvalue weighted by atomic mass is 9.79. The fourth-order valence-corrected chi connectivity index (χ4v) is 17.0. The van der Waals surface area contributed by atoms with Crippen molar-refractivity contribution in [2.45, 2.75) is 52.4 Å². The summed E-state index contributed by atoms with van der Waals surface area (Å²) >= 11 is 3.32. The van der Waals surface area contributed by atoms with Crippen molar-refractivity contribution in [3.05, 3.63) is 265 Å². The molecule has 2 nitrogen and oxygen atoms in total. The maximum atomic E-state index is 9.53. The molecule has 0 N–H and O–H groups in total. The van der Waals surface area contributed by atoms with Crippen molar-refractivity contribution in [2.75, 3.05) is 0 Å². The minimum Gasteiger partial charge on any atom is -0.308 e. The molecule has 0 aliphatic heterocycles. The second kappa shape index (κ2) is 18.7. The SMILES string of the molecule is [2H]c1c([2H])c([2H])c(-c2cc(C(C)(C)C)cc(-c3c([2H])c([2H])c([2H])c([2H])c3[2H])c2-c2ccc3c(c2)c2c4sc5ccccc5c4cc4c5cc6c(cc5n3c42)c2cc3c4ccccc4sc3c3c4cc(-c5c(-c7c([2H])c([2H])c([2H])c([2H])c7[2H])cc(C(C)(C)C)cc5-c5c([2H])c([2H])c([2H])c([2H])c5[2H])ccc4n6c23)c([2H])c1[2H]. The van der Waals surface area contributed by atoms with E-state index < -0.39 is 132 Å². The number of aromatic nitrogens is 2. The topological polar surface area (TPSA) is 8.82 Å². The Kier molecular flexibility index (Phi) is 7.45. The number of benzene rings is 13. The number of rotatable bonds is 6. The highest BCUT2D eigenvalue weighted by atomic mass is 32.1. The van der Waals surface area contributed by atoms with Gasteiger partial charge in [-0.05, 0) is 174 Å². The molecule has 0 fully saturated rings. The smallest absolute Gasteiger partial charge is 0.0635 e. The lowest BCUT2D eigenvalue weighted by molar-refractivity contribution is 0.590. The first-order valence-electron chi connectivity index (χ1n) is 39.9. The zero-order valence-corrected chi connectivity index (χ0v) is 51.0. The lowest BCUT2D eigenvalue weighted by Crippen LogP contribution is -2.12. The van der Waals surface area contributed by atoms with Crippen molar-refractivity contribution in [3.63, 3.8) is 0 Å². The van der Waals surface area contributed by atoms with Crippen molar-refractivity contribution < 1.29 is 27.4 Å². The average Bonchev–Trinajstić information content (AvgIpc) is 1.50. The summed E-state index contributed by atoms with van der Waals surface area (Å²) in [6, 6.07) is 34.2. The lowest BCUT2D eigenvalue weighted by Gasteiger charge is -2.25. The predicted molar refractivity (Wildman–Crippen MR) is 392 cm³/mol. The van der Waals surface area contributed by atoms with Gasteiger partial charge in [0.05, 0.1) is 60.5 Å². The van der Waals surface area contributed by atoms with Crippen molar-refractivity contribution in [2.24, 2.45) is 0 Å². The second-order valence-corrected chi connectivity index (χ2v) is 27.8. The zero-order valence-electron chi connectivity index (χ0n) is 69.4. The van der Waals surface area contributed by atoms with Gasteiger partial charge in [0, 0.05) is 83.4 Å². The van der Waals surface area contributed by atoms with Crippen molar-refractivity contribution in [1.82, 2.24) is 8.80 Å². The summed E-state index contributed by atoms with van der Waals surface area (Å²) in [7, 11) is 0. The largest absolute Gasteiger partial charge is 0.308 e. The molecule has 0 aliphatic rings. The molecular formula is C86H60N2S2. The predicted octanol–water partition coefficient (Wildman–Crippen LogP) is 25.3. The van der Waals surface area contributed by atoms with Crippen LogP contribution >= 0.6 is 22.7 Å². The third-order valence-corrected chi connectivity index (χ3v) is 21.0. The van der Waals surface area contributed by atoms with Gasteiger partial charge in [-0.25, -0.2) is 0 Å². The molecule has 19 rings (SSSR count). The van der Waals surface area contributed by atoms with Crippen LogP contribution in [0.15, 0.2) is 254 Å². The quantitative estimate of drug-likeness (QED) is 0.157. The summed E-state index contributed by atoms with van der Waals surface area (Å²) in [6.07, 6.45) is 0. The Morgan fingerprint density at radius 2 is 0.644 bits per heavy atom. The monoisotopic (exact) mass is 1200 g/mol. The molecule has 0 radical (unpaired) electrons. The van der Waals surface area contributed by atoms with E-state index in [4.69, 9.17) is 16.4 Å². The molecule has 0 saturated carbocycles. The number of fused-ring (bicyclic) bond motifs is 20. The summed E-state index contributed by atoms with van der Waals surface area (Å²) in [6.45, 7) is 11.7. The van der Waals surface area contributed by atoms with Crippen LogP contribution in [0.3, 0.4) is 0 Å². The molecule has 0 saturated heterocycles. The van der Waals surface area contributed by atoms with Crippen LogP contribution in [0, 0.1) is 0 Å². The van der Waals surface area contributed by atoms with Crippen LogP contribution in [-0.4, -0.2) is 8.80 Å². The van der Waals surface area contributed by atoms with E-state index in [0.29, 0.717) is 33.4 Å². The number of hydrogen-bond donors (Lipinski definition) is 0. The Bertz CT molecular complexity index is 6750. The van der Waals surface area contributed by atoms with Crippen molar-refractivity contribution in [1.29, 1.82) is 0 Å². The first-order valence-corrected chi connectivity index (χ1v) is 31.5. The van der Waals surface area contributed by atoms with Crippen LogP contribution in [0.5, 0.6) is 0 Å². The van der Waals surface area contributed by atoms with Gasteiger partial charge >= 0.3 is 0 Å². The third kappa shape index (κ3) is 7.38. The molecule has 0 aliphatic carbocycles. The molecule has 19 aromatic rings. The van der Waals surface area contributed by atoms with E-state index in [1.807, 2.05) is 126 Å². The Hall–Kier alpha value is -10.1. The van der Waals surface area contributed by atoms with Gasteiger partial charge in [-0.2, -0.15) is 0 Å². The molecule has 0 unspecified atom stereocenters. The summed E-state index contributed by atoms with van der Waals surface area (Å²) in [4.78, 5) is 0. The molecular weight excluding hydrogens is 1130 g/mol. The van der Waals surface area contributed by atoms with Crippen LogP contribution in [0.1, 0.15) is 80.1 Å². The van der Waals surface area contributed by atoms with E-state index in [2.05, 4.69) is 57.3 Å². The van der Waals surface area contributed by atoms with Gasteiger partial charge in [0.25, 0.3) is 0 Å². The van der Waals surface area contributed by atoms with Crippen LogP contribution in [-0.2, 0) is 10.8 Å². The Morgan fingerprint density at radius 3 is 0.989 bits per heavy atom. The fraction of sp³-hybridized carbons (Fsp3) is 0.0930. The average molecular weight is 1210 g/mol. The maximum Gasteiger partial charge on any atom is 0.0635 e. The molecule has 6 heterocycles. The molecule has 0 amide bonds. The normalized spacial score (nSPS) is 15.9. The Balaban J connectivity index is 0.942. The standard InChI is InChI=1S/C86H60N2S2/c1-85(2,3)55-41-59(49-23-11-7-12-24-49)77(60(42-55)50-25-13-8-14-26-50)53-35-37-71-69(39-53)79-81-65(45-67-57-31-19-21-33-75(57)89-83(67)79)63-48-74-64(47-73(63)87(71)81)66-46-68-58-32-20-22-34-76(58)90-84(68)80-70-40-54(36-38-72(70)88(74)82(66)80)78-61(51-27-15-9-16-28-51)43-56(86(4,5)6)44-62(78)52-29-17-10-18-30-52/h7-48H,1-6H3/i7D,8D,9D,10D,11D,12D,13D,14D,15D,16D,17D,18D,23D,24D,25D,26D,27D,28D,29D,30D. The van der Waals surface area contributed by atoms with E-state index in [1.165, 1.54) is 0 Å². The Labute approximate surface area is 557 Å². The molecule has 90 heavy (non-hydrogen) atoms. The molecule has 6 aromatic heterocycles. The highest BCUT2D eigenvalue weighted by molar-refractivity contribution is 7.27. The van der Waals surface area contributed by atoms with Gasteiger partial charge < -0.3 is 8.80 Å². The third-order valence-electron chi connectivity index (χ3n) is 18.6. The second-order valence-electron chi connectivity index (χ2n) is 25.7. The number of thiophene rings is 2. The number of nitrogens with zero attached hydrogens (tertiary/aromatic N) is 2. The van der Waals surface area contributed by atoms with Gasteiger partial charge in [-0.15, -0.1) is 22.7 Å². The van der Waals surface area contributed by atoms with Crippen LogP contribution in [0.4, 0.5) is 0 Å². The first kappa shape index (κ1) is 35.8. The molecule has 0 bridgehead atoms. The molecule has 13 aromatic carbocycles. The first-order chi connectivity index (χ1) is 52.2. The fourth-order valence-electron chi connectivity index (χ4n) is 14.5. The molecule has 0 atom stereocenters. The Morgan fingerprint density at radius 1 is 0.300 bits per heavy atom. The van der Waals surface area contributed by atoms with E-state index in [9.17, 15) is 11.0 Å². The molecule has 4 heteroatoms. The maximum absolute atomic E-state index is 9.53. The molecule has 0 spiro atoms. The van der Waals surface area contributed by atoms with E-state index in [-0.39, 0.29) is 44.5 Å². The van der Waals surface area contributed by atoms with E-state index in [1.54, 1.807) is 22.7 Å². The van der Waals surface area contributed by atoms with Crippen molar-refractivity contribution in [3.8, 4) is 66.8 Å². The number of hydrogen-bond acceptors (Lipinski definition) is 2. The van der Waals surface area contributed by atoms with Gasteiger partial charge in [0.15, 0.2) is 0 Å². The summed E-state index contributed by atoms with van der Waals surface area (Å²) in [5.74, 6) is 0. The van der Waals surface area contributed by atoms with E-state index >= 15 is 0 Å². The highest BCUT2D eigenvalue weighted by Gasteiger charge is 2.30. The minimum atomic E-state index is -0.678. The van der Waals surface area contributed by atoms with Gasteiger partial charge in [-0.1, -0.05) is 211 Å². The zero-order chi connectivity index (χ0) is 77.5. The van der Waals surface area contributed by atoms with Crippen LogP contribution in [0.25, 0.3) is 183 Å². The minimum absolute atomic E-state index is 0.110. The van der Waals surface area contributed by atoms with Gasteiger partial charge in [-0.3, -0.25) is 0 Å². The van der Waals surface area contributed by atoms with Gasteiger partial charge in [0.1, 0.15) is 0 Å². The summed E-state index contributed by atoms with van der Waals surface area (Å²) in [5, 5.41) is 11.3. The van der Waals surface area contributed by atoms with Crippen LogP contribution < -0.4 is 0 Å². The van der Waals surface area contributed by atoms with Crippen molar-refractivity contribution >= 4 is 139 Å². The van der Waals surface area contributed by atoms with Gasteiger partial charge in [0.2, 0.25) is 0 Å². The molecule has 426 valence electrons. The van der Waals surface area contributed by atoms with Crippen LogP contribution in [0.2, 0.25) is 0 Å². The summed E-state index contributed by atoms with van der Waals surface area (Å²) in [5.41, 5.74) is 7.21. The highest BCUT2D eigenvalue weighted by Crippen LogP contribution is 2.54.